The fraction of sp³-hybridized carbons (Fsp3) is 0.900. The number of ether oxygens (including phenoxy) is 2. The highest BCUT2D eigenvalue weighted by molar-refractivity contribution is 5.81. The van der Waals surface area contributed by atoms with E-state index in [1.807, 2.05) is 13.8 Å². The highest BCUT2D eigenvalue weighted by Gasteiger charge is 2.42. The molecule has 0 aliphatic carbocycles. The zero-order valence-corrected chi connectivity index (χ0v) is 9.13. The first-order chi connectivity index (χ1) is 6.64. The molecule has 1 heterocycles. The highest BCUT2D eigenvalue weighted by Crippen LogP contribution is 2.25. The summed E-state index contributed by atoms with van der Waals surface area (Å²) >= 11 is 0. The molecule has 1 N–H and O–H groups in total. The van der Waals surface area contributed by atoms with Crippen molar-refractivity contribution in [1.29, 1.82) is 0 Å². The summed E-state index contributed by atoms with van der Waals surface area (Å²) in [5.74, 6) is -0.155. The molecule has 0 aromatic carbocycles. The van der Waals surface area contributed by atoms with Crippen molar-refractivity contribution < 1.29 is 14.3 Å². The standard InChI is InChI=1S/C10H19NO3/c1-4-13-9(12)10(11-3)5-6-14-8(2)7-10/h8,11H,4-7H2,1-3H3. The van der Waals surface area contributed by atoms with Gasteiger partial charge in [-0.25, -0.2) is 0 Å². The summed E-state index contributed by atoms with van der Waals surface area (Å²) in [4.78, 5) is 11.8. The van der Waals surface area contributed by atoms with Gasteiger partial charge >= 0.3 is 5.97 Å². The van der Waals surface area contributed by atoms with Gasteiger partial charge in [-0.1, -0.05) is 0 Å². The molecule has 0 spiro atoms. The van der Waals surface area contributed by atoms with Crippen molar-refractivity contribution in [2.45, 2.75) is 38.3 Å². The molecule has 2 unspecified atom stereocenters. The lowest BCUT2D eigenvalue weighted by atomic mass is 9.87. The van der Waals surface area contributed by atoms with Gasteiger partial charge in [0.25, 0.3) is 0 Å². The molecule has 0 aromatic rings. The largest absolute Gasteiger partial charge is 0.465 e. The second-order valence-electron chi connectivity index (χ2n) is 3.69. The molecule has 0 bridgehead atoms. The molecule has 4 nitrogen and oxygen atoms in total. The average Bonchev–Trinajstić information content (AvgIpc) is 2.18. The first-order valence-corrected chi connectivity index (χ1v) is 5.12. The number of carbonyl (C=O) groups is 1. The van der Waals surface area contributed by atoms with Gasteiger partial charge in [0.1, 0.15) is 5.54 Å². The maximum atomic E-state index is 11.8. The number of rotatable bonds is 3. The number of carbonyl (C=O) groups excluding carboxylic acids is 1. The van der Waals surface area contributed by atoms with Gasteiger partial charge in [0, 0.05) is 13.0 Å². The molecule has 0 aromatic heterocycles. The number of esters is 1. The Hall–Kier alpha value is -0.610. The minimum atomic E-state index is -0.534. The number of hydrogen-bond acceptors (Lipinski definition) is 4. The third kappa shape index (κ3) is 2.25. The summed E-state index contributed by atoms with van der Waals surface area (Å²) in [6.45, 7) is 4.84. The van der Waals surface area contributed by atoms with E-state index in [-0.39, 0.29) is 12.1 Å². The molecule has 1 fully saturated rings. The van der Waals surface area contributed by atoms with E-state index in [2.05, 4.69) is 5.32 Å². The van der Waals surface area contributed by atoms with Crippen LogP contribution in [0.1, 0.15) is 26.7 Å². The molecule has 0 saturated carbocycles. The van der Waals surface area contributed by atoms with Crippen LogP contribution in [-0.2, 0) is 14.3 Å². The van der Waals surface area contributed by atoms with Crippen molar-refractivity contribution in [2.75, 3.05) is 20.3 Å². The van der Waals surface area contributed by atoms with Crippen molar-refractivity contribution in [3.05, 3.63) is 0 Å². The Balaban J connectivity index is 2.68. The first kappa shape index (κ1) is 11.5. The van der Waals surface area contributed by atoms with Crippen LogP contribution in [0.4, 0.5) is 0 Å². The quantitative estimate of drug-likeness (QED) is 0.683. The van der Waals surface area contributed by atoms with E-state index in [4.69, 9.17) is 9.47 Å². The number of hydrogen-bond donors (Lipinski definition) is 1. The molecule has 2 atom stereocenters. The Morgan fingerprint density at radius 2 is 2.43 bits per heavy atom. The minimum Gasteiger partial charge on any atom is -0.465 e. The summed E-state index contributed by atoms with van der Waals surface area (Å²) in [7, 11) is 1.80. The molecule has 1 rings (SSSR count). The SMILES string of the molecule is CCOC(=O)C1(NC)CCOC(C)C1. The molecule has 14 heavy (non-hydrogen) atoms. The Kier molecular flexibility index (Phi) is 3.89. The van der Waals surface area contributed by atoms with Crippen LogP contribution in [-0.4, -0.2) is 37.9 Å². The lowest BCUT2D eigenvalue weighted by Gasteiger charge is -2.37. The Bertz CT molecular complexity index is 208. The van der Waals surface area contributed by atoms with E-state index < -0.39 is 5.54 Å². The average molecular weight is 201 g/mol. The Morgan fingerprint density at radius 3 is 2.93 bits per heavy atom. The van der Waals surface area contributed by atoms with Crippen LogP contribution in [0, 0.1) is 0 Å². The normalized spacial score (nSPS) is 32.6. The molecule has 0 radical (unpaired) electrons. The van der Waals surface area contributed by atoms with E-state index in [0.717, 1.165) is 0 Å². The van der Waals surface area contributed by atoms with Crippen molar-refractivity contribution in [3.63, 3.8) is 0 Å². The second kappa shape index (κ2) is 4.75. The van der Waals surface area contributed by atoms with E-state index in [1.165, 1.54) is 0 Å². The van der Waals surface area contributed by atoms with Gasteiger partial charge in [0.15, 0.2) is 0 Å². The Morgan fingerprint density at radius 1 is 1.71 bits per heavy atom. The van der Waals surface area contributed by atoms with Crippen molar-refractivity contribution in [1.82, 2.24) is 5.32 Å². The molecular weight excluding hydrogens is 182 g/mol. The van der Waals surface area contributed by atoms with Crippen molar-refractivity contribution in [3.8, 4) is 0 Å². The van der Waals surface area contributed by atoms with Crippen LogP contribution in [0.5, 0.6) is 0 Å². The highest BCUT2D eigenvalue weighted by atomic mass is 16.5. The second-order valence-corrected chi connectivity index (χ2v) is 3.69. The van der Waals surface area contributed by atoms with Crippen LogP contribution in [0.2, 0.25) is 0 Å². The van der Waals surface area contributed by atoms with E-state index in [1.54, 1.807) is 7.05 Å². The number of nitrogens with one attached hydrogen (secondary N) is 1. The molecule has 0 amide bonds. The maximum Gasteiger partial charge on any atom is 0.326 e. The van der Waals surface area contributed by atoms with Crippen LogP contribution >= 0.6 is 0 Å². The van der Waals surface area contributed by atoms with E-state index in [9.17, 15) is 4.79 Å². The van der Waals surface area contributed by atoms with E-state index >= 15 is 0 Å². The molecule has 1 saturated heterocycles. The van der Waals surface area contributed by atoms with Gasteiger partial charge in [-0.15, -0.1) is 0 Å². The van der Waals surface area contributed by atoms with Crippen molar-refractivity contribution in [2.24, 2.45) is 0 Å². The lowest BCUT2D eigenvalue weighted by molar-refractivity contribution is -0.157. The predicted molar refractivity (Wildman–Crippen MR) is 53.1 cm³/mol. The first-order valence-electron chi connectivity index (χ1n) is 5.12. The topological polar surface area (TPSA) is 47.6 Å². The van der Waals surface area contributed by atoms with Gasteiger partial charge < -0.3 is 14.8 Å². The monoisotopic (exact) mass is 201 g/mol. The Labute approximate surface area is 85.0 Å². The summed E-state index contributed by atoms with van der Waals surface area (Å²) < 4.78 is 10.5. The fourth-order valence-electron chi connectivity index (χ4n) is 1.87. The summed E-state index contributed by atoms with van der Waals surface area (Å²) in [6.07, 6.45) is 1.48. The predicted octanol–water partition coefficient (Wildman–Crippen LogP) is 0.707. The molecule has 4 heteroatoms. The van der Waals surface area contributed by atoms with Crippen LogP contribution < -0.4 is 5.32 Å². The molecule has 1 aliphatic heterocycles. The zero-order valence-electron chi connectivity index (χ0n) is 9.13. The summed E-state index contributed by atoms with van der Waals surface area (Å²) in [5, 5.41) is 3.08. The van der Waals surface area contributed by atoms with Crippen LogP contribution in [0.25, 0.3) is 0 Å². The van der Waals surface area contributed by atoms with Gasteiger partial charge in [0.2, 0.25) is 0 Å². The van der Waals surface area contributed by atoms with Gasteiger partial charge in [-0.3, -0.25) is 4.79 Å². The molecule has 82 valence electrons. The lowest BCUT2D eigenvalue weighted by Crippen LogP contribution is -2.56. The number of likely N-dealkylation sites (N-methyl/N-ethyl adjacent to an activating group) is 1. The molecule has 1 aliphatic rings. The summed E-state index contributed by atoms with van der Waals surface area (Å²) in [6, 6.07) is 0. The minimum absolute atomic E-state index is 0.112. The van der Waals surface area contributed by atoms with Gasteiger partial charge in [-0.05, 0) is 27.3 Å². The molecular formula is C10H19NO3. The third-order valence-corrected chi connectivity index (χ3v) is 2.71. The summed E-state index contributed by atoms with van der Waals surface area (Å²) in [5.41, 5.74) is -0.534. The van der Waals surface area contributed by atoms with Crippen LogP contribution in [0.3, 0.4) is 0 Å². The van der Waals surface area contributed by atoms with Crippen molar-refractivity contribution >= 4 is 5.97 Å². The van der Waals surface area contributed by atoms with Gasteiger partial charge in [0.05, 0.1) is 12.7 Å². The van der Waals surface area contributed by atoms with Crippen LogP contribution in [0.15, 0.2) is 0 Å². The van der Waals surface area contributed by atoms with E-state index in [0.29, 0.717) is 26.1 Å². The third-order valence-electron chi connectivity index (χ3n) is 2.71. The smallest absolute Gasteiger partial charge is 0.326 e. The fourth-order valence-corrected chi connectivity index (χ4v) is 1.87. The zero-order chi connectivity index (χ0) is 10.6. The maximum absolute atomic E-state index is 11.8. The van der Waals surface area contributed by atoms with Gasteiger partial charge in [-0.2, -0.15) is 0 Å².